The van der Waals surface area contributed by atoms with Gasteiger partial charge in [-0.2, -0.15) is 0 Å². The molecule has 0 aliphatic heterocycles. The molecule has 18 heavy (non-hydrogen) atoms. The number of ether oxygens (including phenoxy) is 1. The highest BCUT2D eigenvalue weighted by Gasteiger charge is 2.01. The van der Waals surface area contributed by atoms with Gasteiger partial charge in [0.15, 0.2) is 0 Å². The summed E-state index contributed by atoms with van der Waals surface area (Å²) >= 11 is 3.33. The number of nitrogens with zero attached hydrogens (tertiary/aromatic N) is 1. The molecule has 94 valence electrons. The van der Waals surface area contributed by atoms with Crippen molar-refractivity contribution >= 4 is 21.6 Å². The first-order valence-corrected chi connectivity index (χ1v) is 6.29. The predicted molar refractivity (Wildman–Crippen MR) is 74.8 cm³/mol. The van der Waals surface area contributed by atoms with Gasteiger partial charge in [0.2, 0.25) is 0 Å². The smallest absolute Gasteiger partial charge is 0.250 e. The number of rotatable bonds is 4. The van der Waals surface area contributed by atoms with Gasteiger partial charge in [-0.25, -0.2) is 0 Å². The van der Waals surface area contributed by atoms with Crippen LogP contribution in [0.3, 0.4) is 0 Å². The number of nitrogens with two attached hydrogens (primary N) is 1. The molecule has 1 aromatic heterocycles. The van der Waals surface area contributed by atoms with Crippen LogP contribution < -0.4 is 16.0 Å². The van der Waals surface area contributed by atoms with E-state index in [0.717, 1.165) is 4.47 Å². The second kappa shape index (κ2) is 5.73. The number of halogens is 1. The summed E-state index contributed by atoms with van der Waals surface area (Å²) in [5.74, 6) is 0.627. The number of aromatic nitrogens is 1. The fraction of sp³-hybridized carbons (Fsp3) is 0.154. The summed E-state index contributed by atoms with van der Waals surface area (Å²) in [6.07, 6.45) is 1.73. The topological polar surface area (TPSA) is 57.2 Å². The minimum atomic E-state index is -0.0371. The summed E-state index contributed by atoms with van der Waals surface area (Å²) in [7, 11) is 0. The number of hydrogen-bond donors (Lipinski definition) is 1. The van der Waals surface area contributed by atoms with Crippen LogP contribution in [0, 0.1) is 0 Å². The Kier molecular flexibility index (Phi) is 4.04. The van der Waals surface area contributed by atoms with E-state index in [1.165, 1.54) is 6.07 Å². The molecule has 0 fully saturated rings. The highest BCUT2D eigenvalue weighted by Crippen LogP contribution is 2.24. The molecule has 0 unspecified atom stereocenters. The van der Waals surface area contributed by atoms with Crippen molar-refractivity contribution in [3.8, 4) is 5.75 Å². The summed E-state index contributed by atoms with van der Waals surface area (Å²) in [5.41, 5.74) is 6.34. The SMILES string of the molecule is Nc1cc(Br)ccc1OCCn1ccccc1=O. The number of hydrogen-bond acceptors (Lipinski definition) is 3. The lowest BCUT2D eigenvalue weighted by Gasteiger charge is -2.10. The van der Waals surface area contributed by atoms with Crippen LogP contribution in [0.5, 0.6) is 5.75 Å². The molecular weight excluding hydrogens is 296 g/mol. The van der Waals surface area contributed by atoms with E-state index in [0.29, 0.717) is 24.6 Å². The zero-order valence-electron chi connectivity index (χ0n) is 9.67. The van der Waals surface area contributed by atoms with Crippen LogP contribution in [0.15, 0.2) is 51.9 Å². The van der Waals surface area contributed by atoms with Gasteiger partial charge in [-0.15, -0.1) is 0 Å². The Labute approximate surface area is 113 Å². The van der Waals surface area contributed by atoms with Crippen molar-refractivity contribution in [3.05, 3.63) is 57.4 Å². The minimum Gasteiger partial charge on any atom is -0.490 e. The number of pyridine rings is 1. The number of nitrogen functional groups attached to an aromatic ring is 1. The van der Waals surface area contributed by atoms with Crippen LogP contribution in [-0.4, -0.2) is 11.2 Å². The molecule has 1 aromatic carbocycles. The van der Waals surface area contributed by atoms with Crippen molar-refractivity contribution in [2.75, 3.05) is 12.3 Å². The largest absolute Gasteiger partial charge is 0.490 e. The third-order valence-corrected chi connectivity index (χ3v) is 2.95. The highest BCUT2D eigenvalue weighted by molar-refractivity contribution is 9.10. The third kappa shape index (κ3) is 3.13. The van der Waals surface area contributed by atoms with Crippen molar-refractivity contribution in [2.24, 2.45) is 0 Å². The Morgan fingerprint density at radius 1 is 1.28 bits per heavy atom. The number of anilines is 1. The van der Waals surface area contributed by atoms with Gasteiger partial charge in [0.25, 0.3) is 5.56 Å². The van der Waals surface area contributed by atoms with E-state index in [2.05, 4.69) is 15.9 Å². The second-order valence-corrected chi connectivity index (χ2v) is 4.68. The molecule has 2 N–H and O–H groups in total. The summed E-state index contributed by atoms with van der Waals surface area (Å²) in [6, 6.07) is 10.5. The van der Waals surface area contributed by atoms with Gasteiger partial charge in [-0.3, -0.25) is 4.79 Å². The second-order valence-electron chi connectivity index (χ2n) is 3.76. The molecular formula is C13H13BrN2O2. The zero-order valence-corrected chi connectivity index (χ0v) is 11.3. The van der Waals surface area contributed by atoms with Crippen LogP contribution in [-0.2, 0) is 6.54 Å². The maximum Gasteiger partial charge on any atom is 0.250 e. The Bertz CT molecular complexity index is 596. The summed E-state index contributed by atoms with van der Waals surface area (Å²) in [4.78, 5) is 11.4. The van der Waals surface area contributed by atoms with Crippen molar-refractivity contribution in [3.63, 3.8) is 0 Å². The fourth-order valence-electron chi connectivity index (χ4n) is 1.55. The van der Waals surface area contributed by atoms with Gasteiger partial charge in [0.1, 0.15) is 12.4 Å². The highest BCUT2D eigenvalue weighted by atomic mass is 79.9. The summed E-state index contributed by atoms with van der Waals surface area (Å²) < 4.78 is 8.05. The van der Waals surface area contributed by atoms with Gasteiger partial charge >= 0.3 is 0 Å². The van der Waals surface area contributed by atoms with E-state index < -0.39 is 0 Å². The molecule has 4 nitrogen and oxygen atoms in total. The first kappa shape index (κ1) is 12.7. The van der Waals surface area contributed by atoms with Crippen molar-refractivity contribution in [2.45, 2.75) is 6.54 Å². The summed E-state index contributed by atoms with van der Waals surface area (Å²) in [5, 5.41) is 0. The minimum absolute atomic E-state index is 0.0371. The van der Waals surface area contributed by atoms with E-state index >= 15 is 0 Å². The Balaban J connectivity index is 1.97. The van der Waals surface area contributed by atoms with E-state index in [9.17, 15) is 4.79 Å². The molecule has 2 rings (SSSR count). The van der Waals surface area contributed by atoms with Crippen LogP contribution in [0.2, 0.25) is 0 Å². The third-order valence-electron chi connectivity index (χ3n) is 2.46. The van der Waals surface area contributed by atoms with E-state index in [4.69, 9.17) is 10.5 Å². The Morgan fingerprint density at radius 2 is 2.11 bits per heavy atom. The maximum atomic E-state index is 11.4. The fourth-order valence-corrected chi connectivity index (χ4v) is 1.93. The molecule has 2 aromatic rings. The van der Waals surface area contributed by atoms with Gasteiger partial charge in [0, 0.05) is 16.7 Å². The monoisotopic (exact) mass is 308 g/mol. The molecule has 0 spiro atoms. The first-order valence-electron chi connectivity index (χ1n) is 5.50. The Morgan fingerprint density at radius 3 is 2.83 bits per heavy atom. The van der Waals surface area contributed by atoms with Gasteiger partial charge in [-0.05, 0) is 24.3 Å². The van der Waals surface area contributed by atoms with Gasteiger partial charge < -0.3 is 15.0 Å². The van der Waals surface area contributed by atoms with Gasteiger partial charge in [0.05, 0.1) is 12.2 Å². The lowest BCUT2D eigenvalue weighted by molar-refractivity contribution is 0.298. The van der Waals surface area contributed by atoms with Crippen LogP contribution >= 0.6 is 15.9 Å². The maximum absolute atomic E-state index is 11.4. The van der Waals surface area contributed by atoms with E-state index in [-0.39, 0.29) is 5.56 Å². The molecule has 0 saturated heterocycles. The van der Waals surface area contributed by atoms with E-state index in [1.807, 2.05) is 12.1 Å². The first-order chi connectivity index (χ1) is 8.66. The van der Waals surface area contributed by atoms with Crippen molar-refractivity contribution in [1.82, 2.24) is 4.57 Å². The average molecular weight is 309 g/mol. The molecule has 0 amide bonds. The molecule has 0 aliphatic rings. The predicted octanol–water partition coefficient (Wildman–Crippen LogP) is 2.27. The van der Waals surface area contributed by atoms with E-state index in [1.54, 1.807) is 29.0 Å². The average Bonchev–Trinajstić information content (AvgIpc) is 2.34. The normalized spacial score (nSPS) is 10.3. The molecule has 0 bridgehead atoms. The lowest BCUT2D eigenvalue weighted by atomic mass is 10.3. The molecule has 1 heterocycles. The lowest BCUT2D eigenvalue weighted by Crippen LogP contribution is -2.21. The molecule has 0 atom stereocenters. The van der Waals surface area contributed by atoms with Crippen LogP contribution in [0.25, 0.3) is 0 Å². The van der Waals surface area contributed by atoms with Crippen LogP contribution in [0.1, 0.15) is 0 Å². The standard InChI is InChI=1S/C13H13BrN2O2/c14-10-4-5-12(11(15)9-10)18-8-7-16-6-2-1-3-13(16)17/h1-6,9H,7-8,15H2. The van der Waals surface area contributed by atoms with Crippen molar-refractivity contribution in [1.29, 1.82) is 0 Å². The molecule has 5 heteroatoms. The molecule has 0 aliphatic carbocycles. The van der Waals surface area contributed by atoms with Crippen LogP contribution in [0.4, 0.5) is 5.69 Å². The summed E-state index contributed by atoms with van der Waals surface area (Å²) in [6.45, 7) is 0.894. The van der Waals surface area contributed by atoms with Crippen molar-refractivity contribution < 1.29 is 4.74 Å². The zero-order chi connectivity index (χ0) is 13.0. The quantitative estimate of drug-likeness (QED) is 0.882. The number of benzene rings is 1. The molecule has 0 saturated carbocycles. The Hall–Kier alpha value is -1.75. The van der Waals surface area contributed by atoms with Gasteiger partial charge in [-0.1, -0.05) is 22.0 Å². The molecule has 0 radical (unpaired) electrons.